The predicted molar refractivity (Wildman–Crippen MR) is 115 cm³/mol. The van der Waals surface area contributed by atoms with Gasteiger partial charge >= 0.3 is 0 Å². The van der Waals surface area contributed by atoms with E-state index in [1.165, 1.54) is 11.3 Å². The number of aromatic nitrogens is 2. The molecule has 0 spiro atoms. The molecule has 0 aliphatic heterocycles. The molecule has 2 amide bonds. The van der Waals surface area contributed by atoms with Crippen LogP contribution in [0.2, 0.25) is 5.02 Å². The number of nitrogens with zero attached hydrogens (tertiary/aromatic N) is 2. The fraction of sp³-hybridized carbons (Fsp3) is 0.238. The highest BCUT2D eigenvalue weighted by molar-refractivity contribution is 7.13. The summed E-state index contributed by atoms with van der Waals surface area (Å²) in [6.07, 6.45) is 0.786. The van der Waals surface area contributed by atoms with Crippen LogP contribution in [-0.4, -0.2) is 22.0 Å². The molecule has 2 aromatic carbocycles. The minimum Gasteiger partial charge on any atom is -0.348 e. The standard InChI is InChI=1S/C21H21ClN4O2S/c1-13(2)10-18-25-26-21(29-18)20(28)24-17-5-3-4-15(11-17)19(27)23-12-14-6-8-16(22)9-7-14/h3-9,11,13H,10,12H2,1-2H3,(H,23,27)(H,24,28). The number of amides is 2. The SMILES string of the molecule is CC(C)Cc1nnc(C(=O)Nc2cccc(C(=O)NCc3ccc(Cl)cc3)c2)s1. The minimum absolute atomic E-state index is 0.230. The lowest BCUT2D eigenvalue weighted by atomic mass is 10.1. The molecule has 8 heteroatoms. The molecular formula is C21H21ClN4O2S. The summed E-state index contributed by atoms with van der Waals surface area (Å²) in [5, 5.41) is 15.4. The second-order valence-corrected chi connectivity index (χ2v) is 8.44. The molecule has 0 bridgehead atoms. The maximum absolute atomic E-state index is 12.4. The van der Waals surface area contributed by atoms with Crippen LogP contribution < -0.4 is 10.6 Å². The molecule has 0 atom stereocenters. The van der Waals surface area contributed by atoms with Crippen molar-refractivity contribution in [1.29, 1.82) is 0 Å². The summed E-state index contributed by atoms with van der Waals surface area (Å²) in [5.74, 6) is -0.121. The molecule has 0 fully saturated rings. The third kappa shape index (κ3) is 6.10. The van der Waals surface area contributed by atoms with Crippen molar-refractivity contribution in [3.63, 3.8) is 0 Å². The van der Waals surface area contributed by atoms with E-state index in [1.54, 1.807) is 36.4 Å². The van der Waals surface area contributed by atoms with Crippen LogP contribution in [0.1, 0.15) is 44.6 Å². The van der Waals surface area contributed by atoms with Gasteiger partial charge in [-0.05, 0) is 41.8 Å². The van der Waals surface area contributed by atoms with Crippen LogP contribution in [0, 0.1) is 5.92 Å². The molecule has 2 N–H and O–H groups in total. The van der Waals surface area contributed by atoms with Gasteiger partial charge in [0.05, 0.1) is 0 Å². The van der Waals surface area contributed by atoms with Crippen LogP contribution >= 0.6 is 22.9 Å². The summed E-state index contributed by atoms with van der Waals surface area (Å²) >= 11 is 7.15. The van der Waals surface area contributed by atoms with Crippen LogP contribution in [0.5, 0.6) is 0 Å². The van der Waals surface area contributed by atoms with Gasteiger partial charge in [0.25, 0.3) is 11.8 Å². The lowest BCUT2D eigenvalue weighted by Gasteiger charge is -2.08. The molecule has 0 saturated carbocycles. The minimum atomic E-state index is -0.337. The van der Waals surface area contributed by atoms with E-state index in [9.17, 15) is 9.59 Å². The Labute approximate surface area is 178 Å². The average molecular weight is 429 g/mol. The Morgan fingerprint density at radius 3 is 2.55 bits per heavy atom. The maximum atomic E-state index is 12.4. The van der Waals surface area contributed by atoms with Gasteiger partial charge in [-0.2, -0.15) is 0 Å². The summed E-state index contributed by atoms with van der Waals surface area (Å²) in [5.41, 5.74) is 1.92. The fourth-order valence-corrected chi connectivity index (χ4v) is 3.66. The Balaban J connectivity index is 1.61. The Kier molecular flexibility index (Phi) is 6.95. The Morgan fingerprint density at radius 1 is 1.07 bits per heavy atom. The highest BCUT2D eigenvalue weighted by Crippen LogP contribution is 2.17. The van der Waals surface area contributed by atoms with Crippen LogP contribution in [-0.2, 0) is 13.0 Å². The van der Waals surface area contributed by atoms with Crippen molar-refractivity contribution < 1.29 is 9.59 Å². The van der Waals surface area contributed by atoms with Gasteiger partial charge in [0.2, 0.25) is 5.01 Å². The summed E-state index contributed by atoms with van der Waals surface area (Å²) in [6.45, 7) is 4.56. The highest BCUT2D eigenvalue weighted by atomic mass is 35.5. The van der Waals surface area contributed by atoms with E-state index in [0.29, 0.717) is 33.7 Å². The van der Waals surface area contributed by atoms with Gasteiger partial charge in [0.15, 0.2) is 0 Å². The van der Waals surface area contributed by atoms with E-state index in [-0.39, 0.29) is 11.8 Å². The van der Waals surface area contributed by atoms with E-state index in [1.807, 2.05) is 12.1 Å². The number of halogens is 1. The smallest absolute Gasteiger partial charge is 0.286 e. The third-order valence-electron chi connectivity index (χ3n) is 3.99. The molecule has 3 rings (SSSR count). The second kappa shape index (κ2) is 9.62. The second-order valence-electron chi connectivity index (χ2n) is 6.94. The summed E-state index contributed by atoms with van der Waals surface area (Å²) < 4.78 is 0. The first kappa shape index (κ1) is 21.0. The molecule has 1 aromatic heterocycles. The number of rotatable bonds is 7. The first-order chi connectivity index (χ1) is 13.9. The summed E-state index contributed by atoms with van der Waals surface area (Å²) in [4.78, 5) is 24.8. The maximum Gasteiger partial charge on any atom is 0.286 e. The van der Waals surface area contributed by atoms with Gasteiger partial charge in [0, 0.05) is 29.2 Å². The number of carbonyl (C=O) groups is 2. The zero-order valence-electron chi connectivity index (χ0n) is 16.1. The Hall–Kier alpha value is -2.77. The average Bonchev–Trinajstić information content (AvgIpc) is 3.15. The van der Waals surface area contributed by atoms with Crippen molar-refractivity contribution in [2.24, 2.45) is 5.92 Å². The third-order valence-corrected chi connectivity index (χ3v) is 5.19. The Morgan fingerprint density at radius 2 is 1.83 bits per heavy atom. The van der Waals surface area contributed by atoms with Crippen LogP contribution in [0.3, 0.4) is 0 Å². The van der Waals surface area contributed by atoms with Gasteiger partial charge in [-0.1, -0.05) is 55.0 Å². The topological polar surface area (TPSA) is 84.0 Å². The quantitative estimate of drug-likeness (QED) is 0.577. The lowest BCUT2D eigenvalue weighted by molar-refractivity contribution is 0.0949. The van der Waals surface area contributed by atoms with Crippen molar-refractivity contribution in [3.8, 4) is 0 Å². The Bertz CT molecular complexity index is 1000. The number of anilines is 1. The van der Waals surface area contributed by atoms with Crippen LogP contribution in [0.25, 0.3) is 0 Å². The summed E-state index contributed by atoms with van der Waals surface area (Å²) in [7, 11) is 0. The zero-order chi connectivity index (χ0) is 20.8. The molecule has 0 unspecified atom stereocenters. The zero-order valence-corrected chi connectivity index (χ0v) is 17.7. The lowest BCUT2D eigenvalue weighted by Crippen LogP contribution is -2.23. The number of benzene rings is 2. The van der Waals surface area contributed by atoms with E-state index >= 15 is 0 Å². The molecule has 150 valence electrons. The van der Waals surface area contributed by atoms with Gasteiger partial charge < -0.3 is 10.6 Å². The molecule has 0 radical (unpaired) electrons. The molecule has 6 nitrogen and oxygen atoms in total. The van der Waals surface area contributed by atoms with E-state index < -0.39 is 0 Å². The van der Waals surface area contributed by atoms with Crippen molar-refractivity contribution >= 4 is 40.4 Å². The van der Waals surface area contributed by atoms with Crippen LogP contribution in [0.4, 0.5) is 5.69 Å². The molecule has 3 aromatic rings. The van der Waals surface area contributed by atoms with Crippen molar-refractivity contribution in [2.75, 3.05) is 5.32 Å². The number of nitrogens with one attached hydrogen (secondary N) is 2. The largest absolute Gasteiger partial charge is 0.348 e. The monoisotopic (exact) mass is 428 g/mol. The van der Waals surface area contributed by atoms with Gasteiger partial charge in [-0.25, -0.2) is 0 Å². The molecule has 0 saturated heterocycles. The molecule has 0 aliphatic rings. The number of hydrogen-bond donors (Lipinski definition) is 2. The highest BCUT2D eigenvalue weighted by Gasteiger charge is 2.15. The van der Waals surface area contributed by atoms with Crippen molar-refractivity contribution in [3.05, 3.63) is 74.7 Å². The number of carbonyl (C=O) groups excluding carboxylic acids is 2. The molecule has 1 heterocycles. The summed E-state index contributed by atoms with van der Waals surface area (Å²) in [6, 6.07) is 14.0. The van der Waals surface area contributed by atoms with Gasteiger partial charge in [0.1, 0.15) is 5.01 Å². The molecular weight excluding hydrogens is 408 g/mol. The van der Waals surface area contributed by atoms with Gasteiger partial charge in [-0.15, -0.1) is 10.2 Å². The van der Waals surface area contributed by atoms with Crippen LogP contribution in [0.15, 0.2) is 48.5 Å². The number of hydrogen-bond acceptors (Lipinski definition) is 5. The van der Waals surface area contributed by atoms with Crippen molar-refractivity contribution in [1.82, 2.24) is 15.5 Å². The fourth-order valence-electron chi connectivity index (χ4n) is 2.59. The normalized spacial score (nSPS) is 10.8. The van der Waals surface area contributed by atoms with Crippen molar-refractivity contribution in [2.45, 2.75) is 26.8 Å². The van der Waals surface area contributed by atoms with E-state index in [4.69, 9.17) is 11.6 Å². The van der Waals surface area contributed by atoms with E-state index in [0.717, 1.165) is 17.0 Å². The van der Waals surface area contributed by atoms with E-state index in [2.05, 4.69) is 34.7 Å². The van der Waals surface area contributed by atoms with Gasteiger partial charge in [-0.3, -0.25) is 9.59 Å². The first-order valence-corrected chi connectivity index (χ1v) is 10.4. The molecule has 29 heavy (non-hydrogen) atoms. The first-order valence-electron chi connectivity index (χ1n) is 9.17. The molecule has 0 aliphatic carbocycles. The predicted octanol–water partition coefficient (Wildman–Crippen LogP) is 4.57.